The van der Waals surface area contributed by atoms with Crippen molar-refractivity contribution in [2.75, 3.05) is 18.9 Å². The van der Waals surface area contributed by atoms with Crippen LogP contribution in [0.1, 0.15) is 12.5 Å². The molecular weight excluding hydrogens is 246 g/mol. The third kappa shape index (κ3) is 5.07. The Balaban J connectivity index is 2.55. The molecule has 6 heteroatoms. The predicted molar refractivity (Wildman–Crippen MR) is 72.5 cm³/mol. The molecule has 19 heavy (non-hydrogen) atoms. The summed E-state index contributed by atoms with van der Waals surface area (Å²) in [5.41, 5.74) is 1.30. The Bertz CT molecular complexity index is 449. The average molecular weight is 265 g/mol. The van der Waals surface area contributed by atoms with E-state index in [1.807, 2.05) is 0 Å². The molecule has 0 aliphatic heterocycles. The molecule has 0 bridgehead atoms. The number of hydrogen-bond donors (Lipinski definition) is 4. The van der Waals surface area contributed by atoms with Gasteiger partial charge >= 0.3 is 0 Å². The summed E-state index contributed by atoms with van der Waals surface area (Å²) in [7, 11) is 1.66. The minimum atomic E-state index is -0.626. The Labute approximate surface area is 112 Å². The predicted octanol–water partition coefficient (Wildman–Crippen LogP) is -0.158. The third-order valence-electron chi connectivity index (χ3n) is 2.49. The summed E-state index contributed by atoms with van der Waals surface area (Å²) in [4.78, 5) is 23.2. The van der Waals surface area contributed by atoms with Crippen LogP contribution in [0.15, 0.2) is 24.3 Å². The molecule has 1 unspecified atom stereocenters. The van der Waals surface area contributed by atoms with Crippen LogP contribution in [-0.4, -0.2) is 36.6 Å². The highest BCUT2D eigenvalue weighted by Gasteiger charge is 2.15. The smallest absolute Gasteiger partial charge is 0.246 e. The van der Waals surface area contributed by atoms with E-state index >= 15 is 0 Å². The highest BCUT2D eigenvalue weighted by molar-refractivity contribution is 5.97. The van der Waals surface area contributed by atoms with Crippen molar-refractivity contribution < 1.29 is 14.7 Å². The molecule has 0 aromatic heterocycles. The molecule has 4 N–H and O–H groups in total. The zero-order chi connectivity index (χ0) is 14.3. The molecule has 2 amide bonds. The van der Waals surface area contributed by atoms with Gasteiger partial charge in [-0.3, -0.25) is 9.59 Å². The molecule has 1 aromatic rings. The number of amides is 2. The number of benzene rings is 1. The normalized spacial score (nSPS) is 11.7. The summed E-state index contributed by atoms with van der Waals surface area (Å²) in [5.74, 6) is -0.547. The van der Waals surface area contributed by atoms with Gasteiger partial charge in [0.05, 0.1) is 13.2 Å². The van der Waals surface area contributed by atoms with Gasteiger partial charge in [0.1, 0.15) is 6.04 Å². The van der Waals surface area contributed by atoms with Crippen molar-refractivity contribution in [3.63, 3.8) is 0 Å². The van der Waals surface area contributed by atoms with Crippen molar-refractivity contribution >= 4 is 17.5 Å². The summed E-state index contributed by atoms with van der Waals surface area (Å²) in [5, 5.41) is 17.0. The van der Waals surface area contributed by atoms with Gasteiger partial charge in [0, 0.05) is 5.69 Å². The number of nitrogens with one attached hydrogen (secondary N) is 3. The molecular formula is C13H19N3O3. The fourth-order valence-electron chi connectivity index (χ4n) is 1.52. The van der Waals surface area contributed by atoms with E-state index in [0.29, 0.717) is 11.3 Å². The van der Waals surface area contributed by atoms with Gasteiger partial charge in [0.15, 0.2) is 0 Å². The zero-order valence-electron chi connectivity index (χ0n) is 11.1. The maximum Gasteiger partial charge on any atom is 0.246 e. The first-order valence-corrected chi connectivity index (χ1v) is 6.01. The van der Waals surface area contributed by atoms with Crippen molar-refractivity contribution in [2.45, 2.75) is 19.6 Å². The number of carbonyl (C=O) groups excluding carboxylic acids is 2. The van der Waals surface area contributed by atoms with Crippen molar-refractivity contribution in [3.05, 3.63) is 29.8 Å². The first-order valence-electron chi connectivity index (χ1n) is 6.01. The number of anilines is 1. The molecule has 104 valence electrons. The molecule has 0 saturated carbocycles. The molecule has 1 aromatic carbocycles. The van der Waals surface area contributed by atoms with Crippen LogP contribution in [0.2, 0.25) is 0 Å². The lowest BCUT2D eigenvalue weighted by Gasteiger charge is -2.14. The van der Waals surface area contributed by atoms with Crippen molar-refractivity contribution in [1.82, 2.24) is 10.6 Å². The zero-order valence-corrected chi connectivity index (χ0v) is 11.1. The van der Waals surface area contributed by atoms with E-state index in [2.05, 4.69) is 16.0 Å². The van der Waals surface area contributed by atoms with Crippen molar-refractivity contribution in [2.24, 2.45) is 0 Å². The minimum absolute atomic E-state index is 0.0851. The summed E-state index contributed by atoms with van der Waals surface area (Å²) in [6.07, 6.45) is 0. The van der Waals surface area contributed by atoms with Crippen LogP contribution in [0, 0.1) is 0 Å². The van der Waals surface area contributed by atoms with Gasteiger partial charge in [0.25, 0.3) is 0 Å². The van der Waals surface area contributed by atoms with E-state index < -0.39 is 6.04 Å². The Hall–Kier alpha value is -1.92. The monoisotopic (exact) mass is 265 g/mol. The van der Waals surface area contributed by atoms with E-state index in [9.17, 15) is 9.59 Å². The van der Waals surface area contributed by atoms with Crippen LogP contribution in [0.25, 0.3) is 0 Å². The summed E-state index contributed by atoms with van der Waals surface area (Å²) >= 11 is 0. The van der Waals surface area contributed by atoms with Crippen LogP contribution in [0.4, 0.5) is 5.69 Å². The Morgan fingerprint density at radius 2 is 2.11 bits per heavy atom. The molecule has 0 saturated heterocycles. The number of aliphatic hydroxyl groups is 1. The lowest BCUT2D eigenvalue weighted by atomic mass is 10.2. The molecule has 1 atom stereocenters. The van der Waals surface area contributed by atoms with Gasteiger partial charge in [-0.1, -0.05) is 12.1 Å². The number of aliphatic hydroxyl groups excluding tert-OH is 1. The molecule has 0 aliphatic carbocycles. The van der Waals surface area contributed by atoms with Crippen molar-refractivity contribution in [1.29, 1.82) is 0 Å². The standard InChI is InChI=1S/C13H19N3O3/c1-9(15-12(18)7-14-2)13(19)16-11-5-3-4-10(6-11)8-17/h3-6,9,14,17H,7-8H2,1-2H3,(H,15,18)(H,16,19). The van der Waals surface area contributed by atoms with Crippen LogP contribution < -0.4 is 16.0 Å². The van der Waals surface area contributed by atoms with E-state index in [1.165, 1.54) is 0 Å². The quantitative estimate of drug-likeness (QED) is 0.575. The fourth-order valence-corrected chi connectivity index (χ4v) is 1.52. The van der Waals surface area contributed by atoms with Crippen molar-refractivity contribution in [3.8, 4) is 0 Å². The fraction of sp³-hybridized carbons (Fsp3) is 0.385. The Morgan fingerprint density at radius 1 is 1.37 bits per heavy atom. The van der Waals surface area contributed by atoms with Gasteiger partial charge in [-0.2, -0.15) is 0 Å². The Morgan fingerprint density at radius 3 is 2.74 bits per heavy atom. The number of rotatable bonds is 6. The van der Waals surface area contributed by atoms with E-state index in [4.69, 9.17) is 5.11 Å². The average Bonchev–Trinajstić information content (AvgIpc) is 2.39. The molecule has 0 radical (unpaired) electrons. The topological polar surface area (TPSA) is 90.5 Å². The van der Waals surface area contributed by atoms with Crippen LogP contribution in [0.3, 0.4) is 0 Å². The molecule has 0 aliphatic rings. The van der Waals surface area contributed by atoms with Crippen LogP contribution in [-0.2, 0) is 16.2 Å². The van der Waals surface area contributed by atoms with Gasteiger partial charge in [-0.25, -0.2) is 0 Å². The Kier molecular flexibility index (Phi) is 5.98. The minimum Gasteiger partial charge on any atom is -0.392 e. The van der Waals surface area contributed by atoms with E-state index in [1.54, 1.807) is 38.2 Å². The van der Waals surface area contributed by atoms with E-state index in [-0.39, 0.29) is 25.0 Å². The van der Waals surface area contributed by atoms with E-state index in [0.717, 1.165) is 0 Å². The summed E-state index contributed by atoms with van der Waals surface area (Å²) in [6.45, 7) is 1.69. The first kappa shape index (κ1) is 15.1. The second-order valence-electron chi connectivity index (χ2n) is 4.17. The molecule has 1 rings (SSSR count). The summed E-state index contributed by atoms with van der Waals surface area (Å²) in [6, 6.07) is 6.27. The number of likely N-dealkylation sites (N-methyl/N-ethyl adjacent to an activating group) is 1. The number of carbonyl (C=O) groups is 2. The molecule has 6 nitrogen and oxygen atoms in total. The second-order valence-corrected chi connectivity index (χ2v) is 4.17. The largest absolute Gasteiger partial charge is 0.392 e. The second kappa shape index (κ2) is 7.50. The van der Waals surface area contributed by atoms with Gasteiger partial charge in [-0.05, 0) is 31.7 Å². The van der Waals surface area contributed by atoms with Gasteiger partial charge < -0.3 is 21.1 Å². The SMILES string of the molecule is CNCC(=O)NC(C)C(=O)Nc1cccc(CO)c1. The third-order valence-corrected chi connectivity index (χ3v) is 2.49. The van der Waals surface area contributed by atoms with Crippen LogP contribution in [0.5, 0.6) is 0 Å². The van der Waals surface area contributed by atoms with Gasteiger partial charge in [0.2, 0.25) is 11.8 Å². The lowest BCUT2D eigenvalue weighted by Crippen LogP contribution is -2.44. The molecule has 0 spiro atoms. The highest BCUT2D eigenvalue weighted by Crippen LogP contribution is 2.10. The maximum atomic E-state index is 11.8. The molecule has 0 fully saturated rings. The first-order chi connectivity index (χ1) is 9.06. The summed E-state index contributed by atoms with van der Waals surface area (Å²) < 4.78 is 0. The van der Waals surface area contributed by atoms with Crippen LogP contribution >= 0.6 is 0 Å². The lowest BCUT2D eigenvalue weighted by molar-refractivity contribution is -0.125. The number of hydrogen-bond acceptors (Lipinski definition) is 4. The maximum absolute atomic E-state index is 11.8. The molecule has 0 heterocycles. The highest BCUT2D eigenvalue weighted by atomic mass is 16.3. The van der Waals surface area contributed by atoms with Gasteiger partial charge in [-0.15, -0.1) is 0 Å².